The van der Waals surface area contributed by atoms with Gasteiger partial charge < -0.3 is 9.84 Å². The fourth-order valence-corrected chi connectivity index (χ4v) is 1.75. The van der Waals surface area contributed by atoms with Gasteiger partial charge in [0.25, 0.3) is 0 Å². The predicted molar refractivity (Wildman–Crippen MR) is 58.0 cm³/mol. The van der Waals surface area contributed by atoms with E-state index >= 15 is 0 Å². The highest BCUT2D eigenvalue weighted by Gasteiger charge is 2.13. The first-order chi connectivity index (χ1) is 7.83. The van der Waals surface area contributed by atoms with Gasteiger partial charge in [-0.25, -0.2) is 0 Å². The normalized spacial score (nSPS) is 16.9. The zero-order chi connectivity index (χ0) is 11.0. The van der Waals surface area contributed by atoms with Gasteiger partial charge in [0.15, 0.2) is 0 Å². The zero-order valence-electron chi connectivity index (χ0n) is 8.70. The van der Waals surface area contributed by atoms with Gasteiger partial charge in [-0.2, -0.15) is 0 Å². The smallest absolute Gasteiger partial charge is 0.119 e. The van der Waals surface area contributed by atoms with Crippen LogP contribution in [0.2, 0.25) is 0 Å². The first-order valence-corrected chi connectivity index (χ1v) is 5.22. The van der Waals surface area contributed by atoms with Gasteiger partial charge in [0, 0.05) is 6.07 Å². The molecule has 1 aromatic heterocycles. The van der Waals surface area contributed by atoms with Gasteiger partial charge in [-0.05, 0) is 12.1 Å². The van der Waals surface area contributed by atoms with E-state index in [1.807, 2.05) is 5.01 Å². The number of morpholine rings is 1. The molecular formula is C10H12N4O2. The largest absolute Gasteiger partial charge is 0.508 e. The van der Waals surface area contributed by atoms with Crippen LogP contribution in [0.3, 0.4) is 0 Å². The van der Waals surface area contributed by atoms with Crippen molar-refractivity contribution in [2.45, 2.75) is 0 Å². The Hall–Kier alpha value is -1.82. The van der Waals surface area contributed by atoms with E-state index in [0.29, 0.717) is 18.7 Å². The third-order valence-corrected chi connectivity index (χ3v) is 2.59. The Morgan fingerprint density at radius 1 is 1.12 bits per heavy atom. The lowest BCUT2D eigenvalue weighted by atomic mass is 10.3. The second kappa shape index (κ2) is 3.64. The van der Waals surface area contributed by atoms with E-state index in [1.54, 1.807) is 23.1 Å². The minimum absolute atomic E-state index is 0.210. The zero-order valence-corrected chi connectivity index (χ0v) is 8.70. The number of phenols is 1. The van der Waals surface area contributed by atoms with Crippen molar-refractivity contribution < 1.29 is 9.84 Å². The Labute approximate surface area is 92.0 Å². The molecule has 1 fully saturated rings. The van der Waals surface area contributed by atoms with Gasteiger partial charge in [0.1, 0.15) is 16.8 Å². The predicted octanol–water partition coefficient (Wildman–Crippen LogP) is 0.105. The van der Waals surface area contributed by atoms with E-state index in [0.717, 1.165) is 18.6 Å². The molecule has 6 heteroatoms. The quantitative estimate of drug-likeness (QED) is 0.738. The molecule has 0 bridgehead atoms. The average molecular weight is 220 g/mol. The second-order valence-corrected chi connectivity index (χ2v) is 3.71. The Morgan fingerprint density at radius 2 is 1.88 bits per heavy atom. The van der Waals surface area contributed by atoms with Crippen molar-refractivity contribution in [3.63, 3.8) is 0 Å². The second-order valence-electron chi connectivity index (χ2n) is 3.71. The lowest BCUT2D eigenvalue weighted by Gasteiger charge is -2.26. The van der Waals surface area contributed by atoms with Crippen LogP contribution in [-0.2, 0) is 4.74 Å². The number of rotatable bonds is 1. The van der Waals surface area contributed by atoms with Crippen LogP contribution in [0.5, 0.6) is 5.75 Å². The Bertz CT molecular complexity index is 504. The molecule has 3 rings (SSSR count). The van der Waals surface area contributed by atoms with E-state index in [4.69, 9.17) is 4.74 Å². The minimum Gasteiger partial charge on any atom is -0.508 e. The average Bonchev–Trinajstić information content (AvgIpc) is 2.73. The number of phenolic OH excluding ortho intramolecular Hbond substituents is 1. The van der Waals surface area contributed by atoms with Crippen LogP contribution in [-0.4, -0.2) is 46.5 Å². The molecule has 6 nitrogen and oxygen atoms in total. The SMILES string of the molecule is Oc1ccc2nn(N3CCOCC3)nc2c1. The first kappa shape index (κ1) is 9.41. The molecule has 1 aliphatic heterocycles. The molecular weight excluding hydrogens is 208 g/mol. The van der Waals surface area contributed by atoms with Gasteiger partial charge in [0.05, 0.1) is 26.3 Å². The number of nitrogens with zero attached hydrogens (tertiary/aromatic N) is 4. The molecule has 0 radical (unpaired) electrons. The third-order valence-electron chi connectivity index (χ3n) is 2.59. The highest BCUT2D eigenvalue weighted by atomic mass is 16.5. The lowest BCUT2D eigenvalue weighted by Crippen LogP contribution is -2.45. The number of aromatic nitrogens is 3. The summed E-state index contributed by atoms with van der Waals surface area (Å²) in [5.74, 6) is 0.210. The van der Waals surface area contributed by atoms with Crippen LogP contribution < -0.4 is 5.01 Å². The minimum atomic E-state index is 0.210. The third kappa shape index (κ3) is 1.57. The highest BCUT2D eigenvalue weighted by Crippen LogP contribution is 2.16. The summed E-state index contributed by atoms with van der Waals surface area (Å²) in [6.45, 7) is 2.96. The van der Waals surface area contributed by atoms with Crippen molar-refractivity contribution in [1.29, 1.82) is 0 Å². The van der Waals surface area contributed by atoms with Crippen molar-refractivity contribution >= 4 is 11.0 Å². The molecule has 0 amide bonds. The molecule has 1 saturated heterocycles. The van der Waals surface area contributed by atoms with Crippen molar-refractivity contribution in [3.05, 3.63) is 18.2 Å². The molecule has 2 aromatic rings. The van der Waals surface area contributed by atoms with Crippen molar-refractivity contribution in [3.8, 4) is 5.75 Å². The van der Waals surface area contributed by atoms with Gasteiger partial charge in [-0.3, -0.25) is 5.01 Å². The summed E-state index contributed by atoms with van der Waals surface area (Å²) >= 11 is 0. The Balaban J connectivity index is 1.97. The van der Waals surface area contributed by atoms with Gasteiger partial charge in [0.2, 0.25) is 0 Å². The van der Waals surface area contributed by atoms with E-state index in [2.05, 4.69) is 10.2 Å². The summed E-state index contributed by atoms with van der Waals surface area (Å²) in [5, 5.41) is 20.0. The Kier molecular flexibility index (Phi) is 2.14. The number of ether oxygens (including phenoxy) is 1. The number of hydrogen-bond donors (Lipinski definition) is 1. The number of aromatic hydroxyl groups is 1. The summed E-state index contributed by atoms with van der Waals surface area (Å²) in [6, 6.07) is 4.98. The van der Waals surface area contributed by atoms with Gasteiger partial charge >= 0.3 is 0 Å². The molecule has 0 spiro atoms. The van der Waals surface area contributed by atoms with E-state index in [1.165, 1.54) is 0 Å². The van der Waals surface area contributed by atoms with Crippen LogP contribution in [0.15, 0.2) is 18.2 Å². The molecule has 2 heterocycles. The molecule has 84 valence electrons. The fraction of sp³-hybridized carbons (Fsp3) is 0.400. The number of benzene rings is 1. The maximum Gasteiger partial charge on any atom is 0.119 e. The summed E-state index contributed by atoms with van der Waals surface area (Å²) in [6.07, 6.45) is 0. The fourth-order valence-electron chi connectivity index (χ4n) is 1.75. The molecule has 0 saturated carbocycles. The number of hydrogen-bond acceptors (Lipinski definition) is 5. The standard InChI is InChI=1S/C10H12N4O2/c15-8-1-2-9-10(7-8)12-14(11-9)13-3-5-16-6-4-13/h1-2,7,15H,3-6H2. The number of fused-ring (bicyclic) bond motifs is 1. The monoisotopic (exact) mass is 220 g/mol. The van der Waals surface area contributed by atoms with E-state index < -0.39 is 0 Å². The summed E-state index contributed by atoms with van der Waals surface area (Å²) in [7, 11) is 0. The van der Waals surface area contributed by atoms with Gasteiger partial charge in [-0.15, -0.1) is 10.2 Å². The molecule has 0 aliphatic carbocycles. The molecule has 1 N–H and O–H groups in total. The molecule has 16 heavy (non-hydrogen) atoms. The van der Waals surface area contributed by atoms with Crippen molar-refractivity contribution in [1.82, 2.24) is 15.1 Å². The van der Waals surface area contributed by atoms with Crippen molar-refractivity contribution in [2.24, 2.45) is 0 Å². The Morgan fingerprint density at radius 3 is 2.69 bits per heavy atom. The van der Waals surface area contributed by atoms with E-state index in [-0.39, 0.29) is 5.75 Å². The maximum atomic E-state index is 9.34. The summed E-state index contributed by atoms with van der Waals surface area (Å²) in [5.41, 5.74) is 1.48. The summed E-state index contributed by atoms with van der Waals surface area (Å²) in [4.78, 5) is 1.59. The molecule has 1 aromatic carbocycles. The maximum absolute atomic E-state index is 9.34. The first-order valence-electron chi connectivity index (χ1n) is 5.22. The van der Waals surface area contributed by atoms with E-state index in [9.17, 15) is 5.11 Å². The van der Waals surface area contributed by atoms with Crippen LogP contribution in [0.1, 0.15) is 0 Å². The molecule has 0 atom stereocenters. The topological polar surface area (TPSA) is 63.4 Å². The van der Waals surface area contributed by atoms with Gasteiger partial charge in [-0.1, -0.05) is 4.91 Å². The highest BCUT2D eigenvalue weighted by molar-refractivity contribution is 5.75. The molecule has 1 aliphatic rings. The molecule has 0 unspecified atom stereocenters. The van der Waals surface area contributed by atoms with Crippen molar-refractivity contribution in [2.75, 3.05) is 31.3 Å². The lowest BCUT2D eigenvalue weighted by molar-refractivity contribution is 0.106. The van der Waals surface area contributed by atoms with Crippen LogP contribution in [0, 0.1) is 0 Å². The van der Waals surface area contributed by atoms with Crippen LogP contribution >= 0.6 is 0 Å². The summed E-state index contributed by atoms with van der Waals surface area (Å²) < 4.78 is 5.26. The van der Waals surface area contributed by atoms with Crippen LogP contribution in [0.25, 0.3) is 11.0 Å². The van der Waals surface area contributed by atoms with Crippen LogP contribution in [0.4, 0.5) is 0 Å².